The molecule has 0 saturated heterocycles. The normalized spacial score (nSPS) is 20.5. The standard InChI is InChI=1S/C18H28N2O3/c1-18(2,3)23-17(22)20-16-11-15(12-16)19-14-8-4-6-13(10-14)7-5-9-21/h4,6,8,10,15-16,19,21H,5,7,9,11-12H2,1-3H3,(H,20,22). The van der Waals surface area contributed by atoms with Gasteiger partial charge in [-0.3, -0.25) is 0 Å². The summed E-state index contributed by atoms with van der Waals surface area (Å²) in [6.07, 6.45) is 3.14. The maximum absolute atomic E-state index is 11.7. The Bertz CT molecular complexity index is 519. The van der Waals surface area contributed by atoms with E-state index in [1.807, 2.05) is 26.8 Å². The van der Waals surface area contributed by atoms with Crippen LogP contribution in [-0.2, 0) is 11.2 Å². The molecule has 23 heavy (non-hydrogen) atoms. The van der Waals surface area contributed by atoms with Crippen molar-refractivity contribution in [3.8, 4) is 0 Å². The first kappa shape index (κ1) is 17.6. The van der Waals surface area contributed by atoms with Gasteiger partial charge in [0.15, 0.2) is 0 Å². The first-order valence-corrected chi connectivity index (χ1v) is 8.31. The summed E-state index contributed by atoms with van der Waals surface area (Å²) in [6, 6.07) is 8.85. The fourth-order valence-electron chi connectivity index (χ4n) is 2.66. The van der Waals surface area contributed by atoms with E-state index in [0.717, 1.165) is 31.4 Å². The number of carbonyl (C=O) groups excluding carboxylic acids is 1. The minimum absolute atomic E-state index is 0.180. The molecule has 0 aromatic heterocycles. The van der Waals surface area contributed by atoms with Crippen molar-refractivity contribution in [2.24, 2.45) is 0 Å². The van der Waals surface area contributed by atoms with Crippen molar-refractivity contribution in [2.45, 2.75) is 64.1 Å². The van der Waals surface area contributed by atoms with Gasteiger partial charge in [0.25, 0.3) is 0 Å². The number of aryl methyl sites for hydroxylation is 1. The highest BCUT2D eigenvalue weighted by Crippen LogP contribution is 2.25. The molecule has 1 aromatic carbocycles. The van der Waals surface area contributed by atoms with E-state index in [1.165, 1.54) is 5.56 Å². The zero-order valence-corrected chi connectivity index (χ0v) is 14.3. The fraction of sp³-hybridized carbons (Fsp3) is 0.611. The quantitative estimate of drug-likeness (QED) is 0.753. The van der Waals surface area contributed by atoms with Crippen molar-refractivity contribution in [1.29, 1.82) is 0 Å². The molecule has 0 bridgehead atoms. The van der Waals surface area contributed by atoms with Crippen LogP contribution in [0.25, 0.3) is 0 Å². The lowest BCUT2D eigenvalue weighted by atomic mass is 9.86. The molecule has 1 aliphatic rings. The van der Waals surface area contributed by atoms with Gasteiger partial charge < -0.3 is 20.5 Å². The Morgan fingerprint density at radius 2 is 2.04 bits per heavy atom. The van der Waals surface area contributed by atoms with Crippen molar-refractivity contribution < 1.29 is 14.6 Å². The van der Waals surface area contributed by atoms with Crippen LogP contribution in [0.4, 0.5) is 10.5 Å². The number of aliphatic hydroxyl groups is 1. The van der Waals surface area contributed by atoms with E-state index >= 15 is 0 Å². The molecule has 1 fully saturated rings. The van der Waals surface area contributed by atoms with E-state index in [-0.39, 0.29) is 18.7 Å². The lowest BCUT2D eigenvalue weighted by molar-refractivity contribution is 0.0475. The Balaban J connectivity index is 1.72. The maximum atomic E-state index is 11.7. The van der Waals surface area contributed by atoms with Gasteiger partial charge in [0.2, 0.25) is 0 Å². The number of ether oxygens (including phenoxy) is 1. The highest BCUT2D eigenvalue weighted by molar-refractivity contribution is 5.68. The highest BCUT2D eigenvalue weighted by Gasteiger charge is 2.31. The van der Waals surface area contributed by atoms with Crippen molar-refractivity contribution >= 4 is 11.8 Å². The largest absolute Gasteiger partial charge is 0.444 e. The summed E-state index contributed by atoms with van der Waals surface area (Å²) in [5.41, 5.74) is 1.87. The Morgan fingerprint density at radius 1 is 1.30 bits per heavy atom. The maximum Gasteiger partial charge on any atom is 0.407 e. The molecular weight excluding hydrogens is 292 g/mol. The minimum Gasteiger partial charge on any atom is -0.444 e. The number of hydrogen-bond donors (Lipinski definition) is 3. The SMILES string of the molecule is CC(C)(C)OC(=O)NC1CC(Nc2cccc(CCCO)c2)C1. The molecule has 0 heterocycles. The number of benzene rings is 1. The molecule has 3 N–H and O–H groups in total. The smallest absolute Gasteiger partial charge is 0.407 e. The van der Waals surface area contributed by atoms with Gasteiger partial charge >= 0.3 is 6.09 Å². The third kappa shape index (κ3) is 6.10. The second-order valence-electron chi connectivity index (χ2n) is 7.18. The number of carbonyl (C=O) groups is 1. The Kier molecular flexibility index (Phi) is 5.88. The molecular formula is C18H28N2O3. The molecule has 2 rings (SSSR count). The average Bonchev–Trinajstić information content (AvgIpc) is 2.41. The van der Waals surface area contributed by atoms with Crippen LogP contribution in [0.2, 0.25) is 0 Å². The minimum atomic E-state index is -0.458. The topological polar surface area (TPSA) is 70.6 Å². The van der Waals surface area contributed by atoms with E-state index in [9.17, 15) is 4.79 Å². The van der Waals surface area contributed by atoms with Crippen LogP contribution < -0.4 is 10.6 Å². The Labute approximate surface area is 138 Å². The molecule has 0 aliphatic heterocycles. The summed E-state index contributed by atoms with van der Waals surface area (Å²) in [7, 11) is 0. The van der Waals surface area contributed by atoms with Crippen molar-refractivity contribution in [1.82, 2.24) is 5.32 Å². The van der Waals surface area contributed by atoms with Gasteiger partial charge in [-0.25, -0.2) is 4.79 Å². The van der Waals surface area contributed by atoms with E-state index < -0.39 is 5.60 Å². The van der Waals surface area contributed by atoms with E-state index in [1.54, 1.807) is 0 Å². The van der Waals surface area contributed by atoms with Crippen LogP contribution in [0.15, 0.2) is 24.3 Å². The first-order chi connectivity index (χ1) is 10.9. The molecule has 0 spiro atoms. The fourth-order valence-corrected chi connectivity index (χ4v) is 2.66. The predicted octanol–water partition coefficient (Wildman–Crippen LogP) is 3.08. The number of aliphatic hydroxyl groups excluding tert-OH is 1. The highest BCUT2D eigenvalue weighted by atomic mass is 16.6. The van der Waals surface area contributed by atoms with Crippen molar-refractivity contribution in [3.63, 3.8) is 0 Å². The van der Waals surface area contributed by atoms with Gasteiger partial charge in [-0.1, -0.05) is 12.1 Å². The van der Waals surface area contributed by atoms with E-state index in [4.69, 9.17) is 9.84 Å². The van der Waals surface area contributed by atoms with Crippen LogP contribution in [-0.4, -0.2) is 35.5 Å². The second kappa shape index (κ2) is 7.68. The molecule has 1 aromatic rings. The monoisotopic (exact) mass is 320 g/mol. The Morgan fingerprint density at radius 3 is 2.70 bits per heavy atom. The van der Waals surface area contributed by atoms with Crippen LogP contribution >= 0.6 is 0 Å². The van der Waals surface area contributed by atoms with Crippen LogP contribution in [0.5, 0.6) is 0 Å². The third-order valence-corrected chi connectivity index (χ3v) is 3.78. The zero-order chi connectivity index (χ0) is 16.9. The lowest BCUT2D eigenvalue weighted by Gasteiger charge is -2.37. The predicted molar refractivity (Wildman–Crippen MR) is 91.7 cm³/mol. The summed E-state index contributed by atoms with van der Waals surface area (Å²) < 4.78 is 5.26. The lowest BCUT2D eigenvalue weighted by Crippen LogP contribution is -2.50. The number of amides is 1. The van der Waals surface area contributed by atoms with Crippen LogP contribution in [0.3, 0.4) is 0 Å². The van der Waals surface area contributed by atoms with Crippen molar-refractivity contribution in [2.75, 3.05) is 11.9 Å². The molecule has 1 amide bonds. The van der Waals surface area contributed by atoms with Gasteiger partial charge in [0.05, 0.1) is 0 Å². The summed E-state index contributed by atoms with van der Waals surface area (Å²) >= 11 is 0. The molecule has 128 valence electrons. The number of hydrogen-bond acceptors (Lipinski definition) is 4. The van der Waals surface area contributed by atoms with Gasteiger partial charge in [0.1, 0.15) is 5.60 Å². The van der Waals surface area contributed by atoms with Gasteiger partial charge in [-0.15, -0.1) is 0 Å². The molecule has 1 saturated carbocycles. The van der Waals surface area contributed by atoms with E-state index in [2.05, 4.69) is 28.8 Å². The summed E-state index contributed by atoms with van der Waals surface area (Å²) in [5.74, 6) is 0. The molecule has 0 unspecified atom stereocenters. The molecule has 5 nitrogen and oxygen atoms in total. The molecule has 0 atom stereocenters. The molecule has 5 heteroatoms. The number of nitrogens with one attached hydrogen (secondary N) is 2. The van der Waals surface area contributed by atoms with Gasteiger partial charge in [-0.2, -0.15) is 0 Å². The Hall–Kier alpha value is -1.75. The van der Waals surface area contributed by atoms with Crippen molar-refractivity contribution in [3.05, 3.63) is 29.8 Å². The average molecular weight is 320 g/mol. The van der Waals surface area contributed by atoms with Crippen LogP contribution in [0.1, 0.15) is 45.6 Å². The van der Waals surface area contributed by atoms with Gasteiger partial charge in [-0.05, 0) is 64.2 Å². The van der Waals surface area contributed by atoms with Crippen LogP contribution in [0, 0.1) is 0 Å². The number of alkyl carbamates (subject to hydrolysis) is 1. The molecule has 0 radical (unpaired) electrons. The number of rotatable bonds is 6. The van der Waals surface area contributed by atoms with E-state index in [0.29, 0.717) is 6.04 Å². The summed E-state index contributed by atoms with van der Waals surface area (Å²) in [4.78, 5) is 11.7. The summed E-state index contributed by atoms with van der Waals surface area (Å²) in [5, 5.41) is 15.3. The zero-order valence-electron chi connectivity index (χ0n) is 14.3. The van der Waals surface area contributed by atoms with Gasteiger partial charge in [0, 0.05) is 24.4 Å². The first-order valence-electron chi connectivity index (χ1n) is 8.31. The molecule has 1 aliphatic carbocycles. The second-order valence-corrected chi connectivity index (χ2v) is 7.18. The number of anilines is 1. The summed E-state index contributed by atoms with van der Waals surface area (Å²) in [6.45, 7) is 5.81. The third-order valence-electron chi connectivity index (χ3n) is 3.78.